The third-order valence-electron chi connectivity index (χ3n) is 4.77. The van der Waals surface area contributed by atoms with Crippen LogP contribution in [0.15, 0.2) is 36.4 Å². The van der Waals surface area contributed by atoms with Crippen molar-refractivity contribution in [1.82, 2.24) is 4.90 Å². The Kier molecular flexibility index (Phi) is 4.32. The minimum atomic E-state index is -3.14. The molecule has 23 heavy (non-hydrogen) atoms. The summed E-state index contributed by atoms with van der Waals surface area (Å²) in [6.45, 7) is 1.72. The van der Waals surface area contributed by atoms with E-state index in [2.05, 4.69) is 18.2 Å². The molecule has 124 valence electrons. The Balaban J connectivity index is 1.79. The molecule has 3 atom stereocenters. The summed E-state index contributed by atoms with van der Waals surface area (Å²) in [6.07, 6.45) is 6.21. The van der Waals surface area contributed by atoms with Crippen LogP contribution in [0, 0.1) is 5.92 Å². The lowest BCUT2D eigenvalue weighted by molar-refractivity contribution is -0.136. The van der Waals surface area contributed by atoms with Gasteiger partial charge in [-0.25, -0.2) is 8.42 Å². The molecule has 1 amide bonds. The van der Waals surface area contributed by atoms with Gasteiger partial charge in [0.15, 0.2) is 0 Å². The molecule has 2 aliphatic heterocycles. The van der Waals surface area contributed by atoms with E-state index in [-0.39, 0.29) is 23.7 Å². The largest absolute Gasteiger partial charge is 0.333 e. The van der Waals surface area contributed by atoms with Gasteiger partial charge < -0.3 is 4.90 Å². The maximum atomic E-state index is 12.7. The van der Waals surface area contributed by atoms with Crippen molar-refractivity contribution in [2.24, 2.45) is 5.92 Å². The Labute approximate surface area is 138 Å². The molecule has 0 aromatic heterocycles. The molecule has 4 nitrogen and oxygen atoms in total. The molecule has 2 aliphatic rings. The Morgan fingerprint density at radius 1 is 1.26 bits per heavy atom. The first kappa shape index (κ1) is 16.2. The van der Waals surface area contributed by atoms with E-state index in [1.807, 2.05) is 23.1 Å². The first-order valence-electron chi connectivity index (χ1n) is 8.11. The Hall–Kier alpha value is -1.62. The molecule has 5 heteroatoms. The molecule has 0 radical (unpaired) electrons. The second kappa shape index (κ2) is 6.11. The summed E-state index contributed by atoms with van der Waals surface area (Å²) < 4.78 is 22.9. The van der Waals surface area contributed by atoms with Crippen molar-refractivity contribution < 1.29 is 13.2 Å². The maximum Gasteiger partial charge on any atom is 0.227 e. The summed E-state index contributed by atoms with van der Waals surface area (Å²) in [4.78, 5) is 14.6. The summed E-state index contributed by atoms with van der Waals surface area (Å²) in [5, 5.41) is 0. The van der Waals surface area contributed by atoms with Gasteiger partial charge in [0.1, 0.15) is 9.84 Å². The van der Waals surface area contributed by atoms with Crippen LogP contribution in [0.5, 0.6) is 0 Å². The van der Waals surface area contributed by atoms with E-state index in [1.165, 1.54) is 17.4 Å². The molecule has 2 bridgehead atoms. The number of rotatable bonds is 4. The van der Waals surface area contributed by atoms with Crippen LogP contribution in [0.2, 0.25) is 0 Å². The summed E-state index contributed by atoms with van der Waals surface area (Å²) >= 11 is 0. The molecule has 1 aromatic carbocycles. The van der Waals surface area contributed by atoms with Crippen LogP contribution in [0.25, 0.3) is 5.57 Å². The van der Waals surface area contributed by atoms with Crippen LogP contribution >= 0.6 is 0 Å². The van der Waals surface area contributed by atoms with Crippen LogP contribution in [-0.4, -0.2) is 43.3 Å². The first-order valence-corrected chi connectivity index (χ1v) is 10.2. The first-order chi connectivity index (χ1) is 10.8. The molecule has 1 saturated heterocycles. The summed E-state index contributed by atoms with van der Waals surface area (Å²) in [5.74, 6) is -0.567. The Bertz CT molecular complexity index is 724. The van der Waals surface area contributed by atoms with Crippen molar-refractivity contribution >= 4 is 21.3 Å². The van der Waals surface area contributed by atoms with Crippen molar-refractivity contribution in [3.05, 3.63) is 42.0 Å². The molecule has 0 N–H and O–H groups in total. The van der Waals surface area contributed by atoms with Crippen LogP contribution in [0.1, 0.15) is 31.7 Å². The van der Waals surface area contributed by atoms with Gasteiger partial charge in [-0.1, -0.05) is 43.3 Å². The predicted octanol–water partition coefficient (Wildman–Crippen LogP) is 2.51. The number of benzene rings is 1. The highest BCUT2D eigenvalue weighted by Gasteiger charge is 2.41. The SMILES string of the molecule is CC(CS(C)(=O)=O)C(=O)N1C2C=C(c3ccccc3)CC1CC2. The normalized spacial score (nSPS) is 25.1. The highest BCUT2D eigenvalue weighted by atomic mass is 32.2. The minimum Gasteiger partial charge on any atom is -0.333 e. The number of fused-ring (bicyclic) bond motifs is 2. The van der Waals surface area contributed by atoms with E-state index >= 15 is 0 Å². The van der Waals surface area contributed by atoms with Crippen molar-refractivity contribution in [2.75, 3.05) is 12.0 Å². The molecule has 1 aromatic rings. The Morgan fingerprint density at radius 3 is 2.57 bits per heavy atom. The lowest BCUT2D eigenvalue weighted by Gasteiger charge is -2.36. The van der Waals surface area contributed by atoms with Gasteiger partial charge in [0.25, 0.3) is 0 Å². The van der Waals surface area contributed by atoms with Gasteiger partial charge in [-0.3, -0.25) is 4.79 Å². The molecular weight excluding hydrogens is 310 g/mol. The maximum absolute atomic E-state index is 12.7. The number of nitrogens with zero attached hydrogens (tertiary/aromatic N) is 1. The fraction of sp³-hybridized carbons (Fsp3) is 0.500. The van der Waals surface area contributed by atoms with Crippen LogP contribution in [-0.2, 0) is 14.6 Å². The number of carbonyl (C=O) groups is 1. The van der Waals surface area contributed by atoms with E-state index in [1.54, 1.807) is 6.92 Å². The standard InChI is InChI=1S/C18H23NO3S/c1-13(12-23(2,21)22)18(20)19-16-8-9-17(19)11-15(10-16)14-6-4-3-5-7-14/h3-7,10,13,16-17H,8-9,11-12H2,1-2H3. The lowest BCUT2D eigenvalue weighted by Crippen LogP contribution is -2.46. The molecule has 0 spiro atoms. The zero-order valence-electron chi connectivity index (χ0n) is 13.6. The van der Waals surface area contributed by atoms with Gasteiger partial charge in [0.05, 0.1) is 11.8 Å². The summed E-state index contributed by atoms with van der Waals surface area (Å²) in [7, 11) is -3.14. The van der Waals surface area contributed by atoms with E-state index in [0.29, 0.717) is 0 Å². The second-order valence-corrected chi connectivity index (χ2v) is 8.98. The highest BCUT2D eigenvalue weighted by Crippen LogP contribution is 2.39. The monoisotopic (exact) mass is 333 g/mol. The molecule has 2 heterocycles. The quantitative estimate of drug-likeness (QED) is 0.851. The fourth-order valence-corrected chi connectivity index (χ4v) is 4.87. The molecule has 3 rings (SSSR count). The van der Waals surface area contributed by atoms with Crippen molar-refractivity contribution in [3.63, 3.8) is 0 Å². The molecule has 3 unspecified atom stereocenters. The van der Waals surface area contributed by atoms with E-state index in [0.717, 1.165) is 19.3 Å². The number of carbonyl (C=O) groups excluding carboxylic acids is 1. The van der Waals surface area contributed by atoms with E-state index in [4.69, 9.17) is 0 Å². The van der Waals surface area contributed by atoms with Crippen LogP contribution in [0.3, 0.4) is 0 Å². The third-order valence-corrected chi connectivity index (χ3v) is 5.87. The van der Waals surface area contributed by atoms with E-state index in [9.17, 15) is 13.2 Å². The minimum absolute atomic E-state index is 0.0220. The number of sulfone groups is 1. The van der Waals surface area contributed by atoms with Gasteiger partial charge in [0, 0.05) is 18.2 Å². The van der Waals surface area contributed by atoms with Crippen LogP contribution < -0.4 is 0 Å². The zero-order chi connectivity index (χ0) is 16.6. The molecule has 0 aliphatic carbocycles. The molecule has 0 saturated carbocycles. The van der Waals surface area contributed by atoms with Crippen molar-refractivity contribution in [2.45, 2.75) is 38.3 Å². The third kappa shape index (κ3) is 3.50. The fourth-order valence-electron chi connectivity index (χ4n) is 3.82. The molecule has 1 fully saturated rings. The van der Waals surface area contributed by atoms with Gasteiger partial charge in [-0.2, -0.15) is 0 Å². The van der Waals surface area contributed by atoms with Gasteiger partial charge in [-0.05, 0) is 30.4 Å². The van der Waals surface area contributed by atoms with Crippen LogP contribution in [0.4, 0.5) is 0 Å². The molecular formula is C18H23NO3S. The average molecular weight is 333 g/mol. The predicted molar refractivity (Wildman–Crippen MR) is 91.6 cm³/mol. The van der Waals surface area contributed by atoms with Crippen molar-refractivity contribution in [1.29, 1.82) is 0 Å². The van der Waals surface area contributed by atoms with E-state index < -0.39 is 15.8 Å². The van der Waals surface area contributed by atoms with Gasteiger partial charge >= 0.3 is 0 Å². The smallest absolute Gasteiger partial charge is 0.227 e. The second-order valence-electron chi connectivity index (χ2n) is 6.80. The zero-order valence-corrected chi connectivity index (χ0v) is 14.4. The number of amides is 1. The average Bonchev–Trinajstić information content (AvgIpc) is 2.75. The highest BCUT2D eigenvalue weighted by molar-refractivity contribution is 7.90. The summed E-state index contributed by atoms with van der Waals surface area (Å²) in [5.41, 5.74) is 2.53. The lowest BCUT2D eigenvalue weighted by atomic mass is 9.94. The van der Waals surface area contributed by atoms with Crippen molar-refractivity contribution in [3.8, 4) is 0 Å². The topological polar surface area (TPSA) is 54.5 Å². The van der Waals surface area contributed by atoms with Gasteiger partial charge in [-0.15, -0.1) is 0 Å². The summed E-state index contributed by atoms with van der Waals surface area (Å²) in [6, 6.07) is 10.6. The van der Waals surface area contributed by atoms with Gasteiger partial charge in [0.2, 0.25) is 5.91 Å². The Morgan fingerprint density at radius 2 is 1.96 bits per heavy atom. The number of hydrogen-bond acceptors (Lipinski definition) is 3. The number of hydrogen-bond donors (Lipinski definition) is 0.